The number of benzene rings is 7. The first-order valence-corrected chi connectivity index (χ1v) is 19.0. The van der Waals surface area contributed by atoms with Crippen LogP contribution in [0.5, 0.6) is 0 Å². The lowest BCUT2D eigenvalue weighted by molar-refractivity contribution is 0.0430. The van der Waals surface area contributed by atoms with Crippen molar-refractivity contribution in [3.63, 3.8) is 0 Å². The largest absolute Gasteiger partial charge is 0.321 e. The van der Waals surface area contributed by atoms with Crippen LogP contribution in [0.3, 0.4) is 0 Å². The molecule has 0 unspecified atom stereocenters. The zero-order valence-electron chi connectivity index (χ0n) is 45.1. The molecule has 4 nitrogen and oxygen atoms in total. The standard InChI is InChI=1S/C53H42F2N4/c1-52(2,3)38-30-31-56-50(34-38)59-46-25-11-10-22-44(46)45-29-28-40(33-49(45)59)53(54,55)39-20-14-21-41(32-39)57-35-58(48-27-13-12-26-47(48)57)51-42(36-16-6-4-7-17-36)23-15-24-43(51)37-18-8-5-9-19-37/h4-34H,35H2,1-3H3/i4D,5D,6D,7D,8D,9D,15D,16D,17D,18D,19D,23D,24D. The van der Waals surface area contributed by atoms with Gasteiger partial charge in [-0.05, 0) is 70.6 Å². The molecule has 9 aromatic rings. The van der Waals surface area contributed by atoms with Gasteiger partial charge in [-0.1, -0.05) is 154 Å². The number of fused-ring (bicyclic) bond motifs is 4. The molecule has 0 aliphatic carbocycles. The Bertz CT molecular complexity index is 3620. The maximum absolute atomic E-state index is 17.4. The molecule has 0 N–H and O–H groups in total. The van der Waals surface area contributed by atoms with Crippen molar-refractivity contribution in [1.29, 1.82) is 0 Å². The Hall–Kier alpha value is -7.05. The van der Waals surface area contributed by atoms with E-state index < -0.39 is 107 Å². The van der Waals surface area contributed by atoms with E-state index in [2.05, 4.69) is 20.8 Å². The summed E-state index contributed by atoms with van der Waals surface area (Å²) in [6, 6.07) is 18.7. The molecule has 0 spiro atoms. The second-order valence-electron chi connectivity index (χ2n) is 15.3. The summed E-state index contributed by atoms with van der Waals surface area (Å²) in [5, 5.41) is 1.62. The minimum Gasteiger partial charge on any atom is -0.321 e. The van der Waals surface area contributed by atoms with Gasteiger partial charge >= 0.3 is 0 Å². The van der Waals surface area contributed by atoms with Gasteiger partial charge in [-0.3, -0.25) is 4.57 Å². The average molecular weight is 786 g/mol. The quantitative estimate of drug-likeness (QED) is 0.161. The number of aromatic nitrogens is 2. The van der Waals surface area contributed by atoms with E-state index in [-0.39, 0.29) is 34.6 Å². The highest BCUT2D eigenvalue weighted by Gasteiger charge is 2.37. The molecule has 0 saturated heterocycles. The highest BCUT2D eigenvalue weighted by molar-refractivity contribution is 6.09. The van der Waals surface area contributed by atoms with Gasteiger partial charge < -0.3 is 9.80 Å². The van der Waals surface area contributed by atoms with Gasteiger partial charge in [0.15, 0.2) is 0 Å². The van der Waals surface area contributed by atoms with Crippen LogP contribution in [0.25, 0.3) is 49.9 Å². The number of pyridine rings is 1. The molecule has 2 aromatic heterocycles. The molecule has 0 atom stereocenters. The van der Waals surface area contributed by atoms with Crippen LogP contribution in [0.2, 0.25) is 0 Å². The van der Waals surface area contributed by atoms with Gasteiger partial charge in [-0.2, -0.15) is 8.78 Å². The molecule has 0 radical (unpaired) electrons. The monoisotopic (exact) mass is 785 g/mol. The molecule has 1 aliphatic rings. The topological polar surface area (TPSA) is 24.3 Å². The molecule has 0 fully saturated rings. The smallest absolute Gasteiger partial charge is 0.298 e. The van der Waals surface area contributed by atoms with Crippen molar-refractivity contribution in [3.8, 4) is 28.1 Å². The van der Waals surface area contributed by atoms with Crippen LogP contribution >= 0.6 is 0 Å². The zero-order chi connectivity index (χ0) is 51.6. The normalized spacial score (nSPS) is 16.1. The van der Waals surface area contributed by atoms with E-state index in [1.165, 1.54) is 35.2 Å². The molecular weight excluding hydrogens is 731 g/mol. The number of para-hydroxylation sites is 4. The predicted octanol–water partition coefficient (Wildman–Crippen LogP) is 14.2. The zero-order valence-corrected chi connectivity index (χ0v) is 32.1. The first kappa shape index (κ1) is 24.7. The van der Waals surface area contributed by atoms with Crippen molar-refractivity contribution >= 4 is 44.6 Å². The number of halogens is 2. The number of hydrogen-bond acceptors (Lipinski definition) is 3. The maximum Gasteiger partial charge on any atom is 0.298 e. The SMILES string of the molecule is [2H]c1c([2H])c([2H])c(-c2c([2H])c([2H])c([2H])c(-c3c([2H])c([2H])c([2H])c([2H])c3[2H])c2N2CN(c3cccc(C(F)(F)c4ccc5c6ccccc6n(-c6cc(C(C)(C)C)ccn6)c5c4)c3)c3ccccc32)c([2H])c1[2H]. The molecule has 288 valence electrons. The summed E-state index contributed by atoms with van der Waals surface area (Å²) in [6.07, 6.45) is 1.72. The molecule has 7 aromatic carbocycles. The molecule has 0 saturated carbocycles. The Balaban J connectivity index is 1.16. The average Bonchev–Trinajstić information content (AvgIpc) is 3.92. The lowest BCUT2D eigenvalue weighted by Gasteiger charge is -2.27. The number of rotatable bonds is 7. The van der Waals surface area contributed by atoms with Gasteiger partial charge in [0.05, 0.1) is 45.9 Å². The highest BCUT2D eigenvalue weighted by Crippen LogP contribution is 2.50. The minimum atomic E-state index is -3.59. The summed E-state index contributed by atoms with van der Waals surface area (Å²) < 4.78 is 151. The van der Waals surface area contributed by atoms with Crippen molar-refractivity contribution in [3.05, 3.63) is 205 Å². The van der Waals surface area contributed by atoms with E-state index in [4.69, 9.17) is 20.1 Å². The molecular formula is C53H42F2N4. The van der Waals surface area contributed by atoms with E-state index in [9.17, 15) is 2.74 Å². The molecule has 0 amide bonds. The fraction of sp³-hybridized carbons (Fsp3) is 0.113. The van der Waals surface area contributed by atoms with Crippen LogP contribution in [0, 0.1) is 0 Å². The van der Waals surface area contributed by atoms with Crippen LogP contribution < -0.4 is 9.80 Å². The van der Waals surface area contributed by atoms with Crippen molar-refractivity contribution in [1.82, 2.24) is 9.55 Å². The van der Waals surface area contributed by atoms with E-state index in [1.807, 2.05) is 41.0 Å². The Kier molecular flexibility index (Phi) is 5.89. The lowest BCUT2D eigenvalue weighted by Crippen LogP contribution is -2.25. The highest BCUT2D eigenvalue weighted by atomic mass is 19.3. The summed E-state index contributed by atoms with van der Waals surface area (Å²) in [5.41, 5.74) is 0.187. The summed E-state index contributed by atoms with van der Waals surface area (Å²) in [5.74, 6) is -3.01. The Morgan fingerprint density at radius 2 is 1.19 bits per heavy atom. The van der Waals surface area contributed by atoms with Crippen LogP contribution in [0.15, 0.2) is 188 Å². The number of alkyl halides is 2. The molecule has 3 heterocycles. The second kappa shape index (κ2) is 14.1. The van der Waals surface area contributed by atoms with Crippen molar-refractivity contribution in [2.24, 2.45) is 0 Å². The minimum absolute atomic E-state index is 0.215. The third-order valence-electron chi connectivity index (χ3n) is 10.8. The van der Waals surface area contributed by atoms with Crippen molar-refractivity contribution in [2.75, 3.05) is 16.5 Å². The summed E-state index contributed by atoms with van der Waals surface area (Å²) in [7, 11) is 0. The molecule has 0 bridgehead atoms. The first-order valence-electron chi connectivity index (χ1n) is 25.5. The van der Waals surface area contributed by atoms with Gasteiger partial charge in [0.1, 0.15) is 12.5 Å². The van der Waals surface area contributed by atoms with Gasteiger partial charge in [-0.15, -0.1) is 0 Å². The van der Waals surface area contributed by atoms with Gasteiger partial charge in [0, 0.05) is 44.9 Å². The van der Waals surface area contributed by atoms with Gasteiger partial charge in [0.25, 0.3) is 5.92 Å². The third-order valence-corrected chi connectivity index (χ3v) is 10.8. The summed E-state index contributed by atoms with van der Waals surface area (Å²) >= 11 is 0. The Morgan fingerprint density at radius 1 is 0.559 bits per heavy atom. The van der Waals surface area contributed by atoms with E-state index >= 15 is 8.78 Å². The predicted molar refractivity (Wildman–Crippen MR) is 240 cm³/mol. The van der Waals surface area contributed by atoms with Crippen LogP contribution in [-0.4, -0.2) is 16.2 Å². The van der Waals surface area contributed by atoms with E-state index in [0.717, 1.165) is 21.9 Å². The van der Waals surface area contributed by atoms with Crippen molar-refractivity contribution in [2.45, 2.75) is 32.1 Å². The van der Waals surface area contributed by atoms with E-state index in [1.54, 1.807) is 47.5 Å². The molecule has 1 aliphatic heterocycles. The molecule has 10 rings (SSSR count). The fourth-order valence-corrected chi connectivity index (χ4v) is 7.86. The van der Waals surface area contributed by atoms with Crippen LogP contribution in [0.1, 0.15) is 55.3 Å². The fourth-order valence-electron chi connectivity index (χ4n) is 7.86. The Labute approximate surface area is 361 Å². The van der Waals surface area contributed by atoms with Crippen LogP contribution in [0.4, 0.5) is 31.5 Å². The number of nitrogens with zero attached hydrogens (tertiary/aromatic N) is 4. The number of hydrogen-bond donors (Lipinski definition) is 0. The van der Waals surface area contributed by atoms with Gasteiger partial charge in [0.2, 0.25) is 0 Å². The van der Waals surface area contributed by atoms with E-state index in [0.29, 0.717) is 22.7 Å². The first-order chi connectivity index (χ1) is 34.1. The molecule has 6 heteroatoms. The lowest BCUT2D eigenvalue weighted by atomic mass is 9.88. The Morgan fingerprint density at radius 3 is 1.88 bits per heavy atom. The second-order valence-corrected chi connectivity index (χ2v) is 15.3. The third kappa shape index (κ3) is 6.23. The van der Waals surface area contributed by atoms with Gasteiger partial charge in [-0.25, -0.2) is 4.98 Å². The van der Waals surface area contributed by atoms with Crippen LogP contribution in [-0.2, 0) is 11.3 Å². The maximum atomic E-state index is 17.4. The summed E-state index contributed by atoms with van der Waals surface area (Å²) in [6.45, 7) is 5.95. The van der Waals surface area contributed by atoms with Crippen molar-refractivity contribution < 1.29 is 26.6 Å². The summed E-state index contributed by atoms with van der Waals surface area (Å²) in [4.78, 5) is 7.84. The molecule has 59 heavy (non-hydrogen) atoms. The number of anilines is 4.